The maximum atomic E-state index is 6.07. The van der Waals surface area contributed by atoms with Crippen LogP contribution < -0.4 is 5.32 Å². The number of hydrogen-bond donors (Lipinski definition) is 1. The van der Waals surface area contributed by atoms with Crippen molar-refractivity contribution in [3.05, 3.63) is 17.0 Å². The highest BCUT2D eigenvalue weighted by Gasteiger charge is 2.27. The van der Waals surface area contributed by atoms with Crippen LogP contribution in [-0.2, 0) is 6.42 Å². The van der Waals surface area contributed by atoms with Crippen LogP contribution in [0.1, 0.15) is 45.4 Å². The highest BCUT2D eigenvalue weighted by Crippen LogP contribution is 2.32. The third-order valence-electron chi connectivity index (χ3n) is 3.38. The fourth-order valence-corrected chi connectivity index (χ4v) is 3.97. The lowest BCUT2D eigenvalue weighted by molar-refractivity contribution is 0.755. The van der Waals surface area contributed by atoms with Crippen molar-refractivity contribution in [3.8, 4) is 0 Å². The van der Waals surface area contributed by atoms with Crippen LogP contribution in [0.5, 0.6) is 0 Å². The Morgan fingerprint density at radius 1 is 1.37 bits per heavy atom. The molecule has 1 saturated carbocycles. The van der Waals surface area contributed by atoms with E-state index in [0.29, 0.717) is 16.4 Å². The van der Waals surface area contributed by atoms with E-state index in [0.717, 1.165) is 24.5 Å². The van der Waals surface area contributed by atoms with Crippen molar-refractivity contribution in [2.75, 3.05) is 11.1 Å². The van der Waals surface area contributed by atoms with Crippen molar-refractivity contribution in [3.63, 3.8) is 0 Å². The molecule has 1 aliphatic carbocycles. The molecule has 0 amide bonds. The lowest BCUT2D eigenvalue weighted by Gasteiger charge is -2.21. The molecule has 19 heavy (non-hydrogen) atoms. The molecule has 2 unspecified atom stereocenters. The van der Waals surface area contributed by atoms with Gasteiger partial charge in [0.25, 0.3) is 0 Å². The smallest absolute Gasteiger partial charge is 0.134 e. The van der Waals surface area contributed by atoms with Crippen molar-refractivity contribution in [2.24, 2.45) is 0 Å². The molecular formula is C14H22ClN3S. The second kappa shape index (κ2) is 7.34. The summed E-state index contributed by atoms with van der Waals surface area (Å²) in [6.07, 6.45) is 5.75. The molecule has 2 atom stereocenters. The first-order chi connectivity index (χ1) is 9.22. The summed E-state index contributed by atoms with van der Waals surface area (Å²) in [7, 11) is 0. The van der Waals surface area contributed by atoms with Gasteiger partial charge in [-0.15, -0.1) is 0 Å². The largest absolute Gasteiger partial charge is 0.366 e. The van der Waals surface area contributed by atoms with Gasteiger partial charge in [-0.25, -0.2) is 9.97 Å². The number of halogens is 1. The monoisotopic (exact) mass is 299 g/mol. The molecule has 0 radical (unpaired) electrons. The van der Waals surface area contributed by atoms with Crippen LogP contribution in [0.25, 0.3) is 0 Å². The summed E-state index contributed by atoms with van der Waals surface area (Å²) in [5.74, 6) is 2.90. The molecule has 2 rings (SSSR count). The van der Waals surface area contributed by atoms with Crippen molar-refractivity contribution in [1.29, 1.82) is 0 Å². The molecule has 0 spiro atoms. The van der Waals surface area contributed by atoms with Crippen molar-refractivity contribution in [2.45, 2.75) is 57.2 Å². The number of anilines is 1. The van der Waals surface area contributed by atoms with Gasteiger partial charge < -0.3 is 5.32 Å². The Labute approximate surface area is 124 Å². The van der Waals surface area contributed by atoms with Gasteiger partial charge in [-0.05, 0) is 25.0 Å². The van der Waals surface area contributed by atoms with Gasteiger partial charge in [-0.1, -0.05) is 31.9 Å². The summed E-state index contributed by atoms with van der Waals surface area (Å²) in [5, 5.41) is 4.80. The van der Waals surface area contributed by atoms with Crippen molar-refractivity contribution < 1.29 is 0 Å². The van der Waals surface area contributed by atoms with Crippen molar-refractivity contribution >= 4 is 29.2 Å². The van der Waals surface area contributed by atoms with E-state index >= 15 is 0 Å². The number of aromatic nitrogens is 2. The van der Waals surface area contributed by atoms with Gasteiger partial charge in [0.1, 0.15) is 16.8 Å². The third-order valence-corrected chi connectivity index (χ3v) is 4.90. The topological polar surface area (TPSA) is 37.8 Å². The normalized spacial score (nSPS) is 22.7. The van der Waals surface area contributed by atoms with Gasteiger partial charge in [0.05, 0.1) is 0 Å². The Morgan fingerprint density at radius 3 is 2.95 bits per heavy atom. The zero-order chi connectivity index (χ0) is 13.7. The summed E-state index contributed by atoms with van der Waals surface area (Å²) in [6, 6.07) is 2.36. The van der Waals surface area contributed by atoms with Gasteiger partial charge in [-0.2, -0.15) is 11.8 Å². The highest BCUT2D eigenvalue weighted by molar-refractivity contribution is 7.99. The van der Waals surface area contributed by atoms with Crippen LogP contribution in [0.15, 0.2) is 6.07 Å². The fraction of sp³-hybridized carbons (Fsp3) is 0.714. The first kappa shape index (κ1) is 14.9. The average Bonchev–Trinajstić information content (AvgIpc) is 2.77. The number of aryl methyl sites for hydroxylation is 1. The molecule has 1 heterocycles. The van der Waals surface area contributed by atoms with Gasteiger partial charge >= 0.3 is 0 Å². The molecule has 0 aliphatic heterocycles. The summed E-state index contributed by atoms with van der Waals surface area (Å²) >= 11 is 8.12. The van der Waals surface area contributed by atoms with E-state index < -0.39 is 0 Å². The first-order valence-corrected chi connectivity index (χ1v) is 8.57. The fourth-order valence-electron chi connectivity index (χ4n) is 2.57. The zero-order valence-electron chi connectivity index (χ0n) is 11.7. The Hall–Kier alpha value is -0.480. The van der Waals surface area contributed by atoms with E-state index in [1.54, 1.807) is 0 Å². The average molecular weight is 300 g/mol. The molecule has 106 valence electrons. The standard InChI is InChI=1S/C14H22ClN3S/c1-3-6-13-17-12(15)9-14(18-13)16-10-7-5-8-11(10)19-4-2/h9-11H,3-8H2,1-2H3,(H,16,17,18). The van der Waals surface area contributed by atoms with Crippen LogP contribution in [0.2, 0.25) is 5.15 Å². The summed E-state index contributed by atoms with van der Waals surface area (Å²) < 4.78 is 0. The van der Waals surface area contributed by atoms with Gasteiger partial charge in [0, 0.05) is 23.8 Å². The molecule has 3 nitrogen and oxygen atoms in total. The van der Waals surface area contributed by atoms with Gasteiger partial charge in [0.2, 0.25) is 0 Å². The van der Waals surface area contributed by atoms with Crippen molar-refractivity contribution in [1.82, 2.24) is 9.97 Å². The Bertz CT molecular complexity index is 414. The van der Waals surface area contributed by atoms with Crippen LogP contribution >= 0.6 is 23.4 Å². The summed E-state index contributed by atoms with van der Waals surface area (Å²) in [6.45, 7) is 4.35. The lowest BCUT2D eigenvalue weighted by Crippen LogP contribution is -2.26. The third kappa shape index (κ3) is 4.25. The molecule has 0 saturated heterocycles. The number of nitrogens with zero attached hydrogens (tertiary/aromatic N) is 2. The molecule has 1 fully saturated rings. The molecule has 0 bridgehead atoms. The molecule has 1 aliphatic rings. The van der Waals surface area contributed by atoms with Crippen LogP contribution in [0, 0.1) is 0 Å². The van der Waals surface area contributed by atoms with E-state index in [1.165, 1.54) is 25.0 Å². The molecule has 5 heteroatoms. The van der Waals surface area contributed by atoms with E-state index in [2.05, 4.69) is 29.1 Å². The predicted octanol–water partition coefficient (Wildman–Crippen LogP) is 4.17. The second-order valence-corrected chi connectivity index (χ2v) is 6.82. The molecule has 1 aromatic rings. The Kier molecular flexibility index (Phi) is 5.76. The summed E-state index contributed by atoms with van der Waals surface area (Å²) in [5.41, 5.74) is 0. The number of rotatable bonds is 6. The maximum Gasteiger partial charge on any atom is 0.134 e. The SMILES string of the molecule is CCCc1nc(Cl)cc(NC2CCCC2SCC)n1. The lowest BCUT2D eigenvalue weighted by atomic mass is 10.2. The van der Waals surface area contributed by atoms with Crippen LogP contribution in [0.3, 0.4) is 0 Å². The summed E-state index contributed by atoms with van der Waals surface area (Å²) in [4.78, 5) is 8.83. The maximum absolute atomic E-state index is 6.07. The second-order valence-electron chi connectivity index (χ2n) is 4.92. The molecular weight excluding hydrogens is 278 g/mol. The number of hydrogen-bond acceptors (Lipinski definition) is 4. The minimum absolute atomic E-state index is 0.519. The van der Waals surface area contributed by atoms with Crippen LogP contribution in [-0.4, -0.2) is 27.0 Å². The van der Waals surface area contributed by atoms with E-state index in [9.17, 15) is 0 Å². The first-order valence-electron chi connectivity index (χ1n) is 7.14. The molecule has 1 N–H and O–H groups in total. The van der Waals surface area contributed by atoms with E-state index in [4.69, 9.17) is 11.6 Å². The quantitative estimate of drug-likeness (QED) is 0.800. The van der Waals surface area contributed by atoms with Gasteiger partial charge in [-0.3, -0.25) is 0 Å². The Balaban J connectivity index is 2.05. The minimum Gasteiger partial charge on any atom is -0.366 e. The number of nitrogens with one attached hydrogen (secondary N) is 1. The number of thioether (sulfide) groups is 1. The molecule has 1 aromatic heterocycles. The highest BCUT2D eigenvalue weighted by atomic mass is 35.5. The van der Waals surface area contributed by atoms with E-state index in [1.807, 2.05) is 17.8 Å². The van der Waals surface area contributed by atoms with Crippen LogP contribution in [0.4, 0.5) is 5.82 Å². The zero-order valence-corrected chi connectivity index (χ0v) is 13.2. The van der Waals surface area contributed by atoms with Gasteiger partial charge in [0.15, 0.2) is 0 Å². The van der Waals surface area contributed by atoms with E-state index in [-0.39, 0.29) is 0 Å². The Morgan fingerprint density at radius 2 is 2.21 bits per heavy atom. The minimum atomic E-state index is 0.519. The molecule has 0 aromatic carbocycles. The predicted molar refractivity (Wildman–Crippen MR) is 84.2 cm³/mol.